The zero-order valence-corrected chi connectivity index (χ0v) is 15.6. The summed E-state index contributed by atoms with van der Waals surface area (Å²) in [6.07, 6.45) is 0.318. The molecule has 0 aliphatic rings. The Kier molecular flexibility index (Phi) is 4.89. The summed E-state index contributed by atoms with van der Waals surface area (Å²) in [7, 11) is 0. The number of hydrogen-bond donors (Lipinski definition) is 1. The van der Waals surface area contributed by atoms with Crippen LogP contribution in [0, 0.1) is 0 Å². The summed E-state index contributed by atoms with van der Waals surface area (Å²) in [6, 6.07) is 17.3. The molecule has 0 atom stereocenters. The molecule has 0 bridgehead atoms. The van der Waals surface area contributed by atoms with Crippen LogP contribution in [-0.4, -0.2) is 17.5 Å². The van der Waals surface area contributed by atoms with E-state index in [1.165, 1.54) is 11.3 Å². The van der Waals surface area contributed by atoms with Gasteiger partial charge in [-0.2, -0.15) is 0 Å². The highest BCUT2D eigenvalue weighted by molar-refractivity contribution is 7.14. The lowest BCUT2D eigenvalue weighted by Gasteiger charge is -2.02. The van der Waals surface area contributed by atoms with Crippen molar-refractivity contribution in [1.82, 2.24) is 4.98 Å². The van der Waals surface area contributed by atoms with E-state index in [0.717, 1.165) is 10.9 Å². The maximum absolute atomic E-state index is 12.2. The number of carbonyl (C=O) groups excluding carboxylic acids is 1. The Labute approximate surface area is 160 Å². The van der Waals surface area contributed by atoms with Crippen molar-refractivity contribution in [3.05, 3.63) is 65.5 Å². The lowest BCUT2D eigenvalue weighted by molar-refractivity contribution is -0.115. The van der Waals surface area contributed by atoms with Gasteiger partial charge in [-0.05, 0) is 24.6 Å². The summed E-state index contributed by atoms with van der Waals surface area (Å²) in [5.74, 6) is 1.27. The van der Waals surface area contributed by atoms with Gasteiger partial charge in [0.25, 0.3) is 0 Å². The van der Waals surface area contributed by atoms with Gasteiger partial charge in [-0.3, -0.25) is 4.79 Å². The Morgan fingerprint density at radius 3 is 2.85 bits per heavy atom. The van der Waals surface area contributed by atoms with Crippen molar-refractivity contribution < 1.29 is 13.9 Å². The van der Waals surface area contributed by atoms with Gasteiger partial charge in [0.2, 0.25) is 5.91 Å². The van der Waals surface area contributed by atoms with Gasteiger partial charge >= 0.3 is 0 Å². The lowest BCUT2D eigenvalue weighted by Crippen LogP contribution is -2.14. The van der Waals surface area contributed by atoms with E-state index in [0.29, 0.717) is 40.9 Å². The second kappa shape index (κ2) is 7.63. The molecule has 0 aliphatic carbocycles. The molecule has 0 saturated carbocycles. The van der Waals surface area contributed by atoms with Crippen LogP contribution in [0.2, 0.25) is 0 Å². The highest BCUT2D eigenvalue weighted by atomic mass is 32.1. The van der Waals surface area contributed by atoms with E-state index in [9.17, 15) is 4.79 Å². The first-order chi connectivity index (χ1) is 13.2. The molecule has 6 heteroatoms. The Balaban J connectivity index is 1.51. The minimum absolute atomic E-state index is 0.0923. The minimum atomic E-state index is -0.0923. The highest BCUT2D eigenvalue weighted by Gasteiger charge is 2.14. The van der Waals surface area contributed by atoms with Crippen molar-refractivity contribution in [1.29, 1.82) is 0 Å². The predicted molar refractivity (Wildman–Crippen MR) is 107 cm³/mol. The summed E-state index contributed by atoms with van der Waals surface area (Å²) >= 11 is 1.37. The summed E-state index contributed by atoms with van der Waals surface area (Å²) in [4.78, 5) is 16.7. The molecule has 27 heavy (non-hydrogen) atoms. The van der Waals surface area contributed by atoms with Crippen LogP contribution in [0.5, 0.6) is 5.75 Å². The van der Waals surface area contributed by atoms with Crippen LogP contribution in [0.15, 0.2) is 64.4 Å². The Morgan fingerprint density at radius 1 is 1.19 bits per heavy atom. The van der Waals surface area contributed by atoms with Gasteiger partial charge in [0.15, 0.2) is 22.2 Å². The van der Waals surface area contributed by atoms with Crippen LogP contribution in [-0.2, 0) is 11.2 Å². The normalized spacial score (nSPS) is 10.9. The molecule has 1 amide bonds. The molecular weight excluding hydrogens is 360 g/mol. The fraction of sp³-hybridized carbons (Fsp3) is 0.143. The van der Waals surface area contributed by atoms with Crippen LogP contribution in [0.3, 0.4) is 0 Å². The second-order valence-corrected chi connectivity index (χ2v) is 6.82. The second-order valence-electron chi connectivity index (χ2n) is 5.97. The van der Waals surface area contributed by atoms with E-state index < -0.39 is 0 Å². The third kappa shape index (κ3) is 3.85. The van der Waals surface area contributed by atoms with Gasteiger partial charge < -0.3 is 14.5 Å². The van der Waals surface area contributed by atoms with Crippen molar-refractivity contribution in [2.45, 2.75) is 13.3 Å². The van der Waals surface area contributed by atoms with Gasteiger partial charge in [0.1, 0.15) is 5.69 Å². The zero-order chi connectivity index (χ0) is 18.6. The molecule has 0 fully saturated rings. The SMILES string of the molecule is CCOc1cccc2cc(-c3csc(NC(=O)Cc4ccccc4)n3)oc12. The molecule has 2 aromatic carbocycles. The number of benzene rings is 2. The van der Waals surface area contributed by atoms with E-state index >= 15 is 0 Å². The number of rotatable bonds is 6. The number of thiazole rings is 1. The third-order valence-electron chi connectivity index (χ3n) is 4.02. The van der Waals surface area contributed by atoms with Gasteiger partial charge in [-0.25, -0.2) is 4.98 Å². The number of aromatic nitrogens is 1. The van der Waals surface area contributed by atoms with Crippen LogP contribution >= 0.6 is 11.3 Å². The fourth-order valence-electron chi connectivity index (χ4n) is 2.82. The lowest BCUT2D eigenvalue weighted by atomic mass is 10.1. The molecule has 0 unspecified atom stereocenters. The van der Waals surface area contributed by atoms with Crippen molar-refractivity contribution in [2.75, 3.05) is 11.9 Å². The molecule has 2 heterocycles. The molecule has 2 aromatic heterocycles. The van der Waals surface area contributed by atoms with Crippen molar-refractivity contribution >= 4 is 33.3 Å². The molecule has 1 N–H and O–H groups in total. The van der Waals surface area contributed by atoms with E-state index in [-0.39, 0.29) is 5.91 Å². The van der Waals surface area contributed by atoms with E-state index in [1.807, 2.05) is 66.9 Å². The fourth-order valence-corrected chi connectivity index (χ4v) is 3.54. The molecule has 5 nitrogen and oxygen atoms in total. The number of anilines is 1. The van der Waals surface area contributed by atoms with E-state index in [4.69, 9.17) is 9.15 Å². The first-order valence-electron chi connectivity index (χ1n) is 8.68. The largest absolute Gasteiger partial charge is 0.490 e. The minimum Gasteiger partial charge on any atom is -0.490 e. The number of amides is 1. The standard InChI is InChI=1S/C21H18N2O3S/c1-2-25-17-10-6-9-15-12-18(26-20(15)17)16-13-27-21(22-16)23-19(24)11-14-7-4-3-5-8-14/h3-10,12-13H,2,11H2,1H3,(H,22,23,24). The maximum atomic E-state index is 12.2. The quantitative estimate of drug-likeness (QED) is 0.505. The number of para-hydroxylation sites is 1. The number of carbonyl (C=O) groups is 1. The number of ether oxygens (including phenoxy) is 1. The number of nitrogens with one attached hydrogen (secondary N) is 1. The van der Waals surface area contributed by atoms with Crippen LogP contribution in [0.4, 0.5) is 5.13 Å². The summed E-state index contributed by atoms with van der Waals surface area (Å²) in [6.45, 7) is 2.51. The van der Waals surface area contributed by atoms with Crippen LogP contribution in [0.25, 0.3) is 22.4 Å². The van der Waals surface area contributed by atoms with Crippen molar-refractivity contribution in [2.24, 2.45) is 0 Å². The van der Waals surface area contributed by atoms with Gasteiger partial charge in [-0.1, -0.05) is 42.5 Å². The van der Waals surface area contributed by atoms with Gasteiger partial charge in [0, 0.05) is 10.8 Å². The zero-order valence-electron chi connectivity index (χ0n) is 14.8. The summed E-state index contributed by atoms with van der Waals surface area (Å²) in [5.41, 5.74) is 2.36. The van der Waals surface area contributed by atoms with E-state index in [2.05, 4.69) is 10.3 Å². The summed E-state index contributed by atoms with van der Waals surface area (Å²) in [5, 5.41) is 6.23. The average molecular weight is 378 g/mol. The average Bonchev–Trinajstić information content (AvgIpc) is 3.30. The predicted octanol–water partition coefficient (Wildman–Crippen LogP) is 5.14. The maximum Gasteiger partial charge on any atom is 0.230 e. The number of furan rings is 1. The third-order valence-corrected chi connectivity index (χ3v) is 4.78. The number of hydrogen-bond acceptors (Lipinski definition) is 5. The molecule has 0 aliphatic heterocycles. The molecule has 0 radical (unpaired) electrons. The van der Waals surface area contributed by atoms with Gasteiger partial charge in [0.05, 0.1) is 13.0 Å². The van der Waals surface area contributed by atoms with Gasteiger partial charge in [-0.15, -0.1) is 11.3 Å². The monoisotopic (exact) mass is 378 g/mol. The smallest absolute Gasteiger partial charge is 0.230 e. The van der Waals surface area contributed by atoms with Crippen molar-refractivity contribution in [3.8, 4) is 17.2 Å². The van der Waals surface area contributed by atoms with E-state index in [1.54, 1.807) is 0 Å². The first-order valence-corrected chi connectivity index (χ1v) is 9.56. The molecule has 136 valence electrons. The molecule has 0 saturated heterocycles. The van der Waals surface area contributed by atoms with Crippen LogP contribution < -0.4 is 10.1 Å². The molecule has 0 spiro atoms. The molecule has 4 aromatic rings. The molecular formula is C21H18N2O3S. The molecule has 4 rings (SSSR count). The van der Waals surface area contributed by atoms with Crippen LogP contribution in [0.1, 0.15) is 12.5 Å². The Morgan fingerprint density at radius 2 is 2.04 bits per heavy atom. The Hall–Kier alpha value is -3.12. The topological polar surface area (TPSA) is 64.4 Å². The first kappa shape index (κ1) is 17.3. The Bertz CT molecular complexity index is 1070. The van der Waals surface area contributed by atoms with Crippen molar-refractivity contribution in [3.63, 3.8) is 0 Å². The summed E-state index contributed by atoms with van der Waals surface area (Å²) < 4.78 is 11.6. The number of fused-ring (bicyclic) bond motifs is 1. The number of nitrogens with zero attached hydrogens (tertiary/aromatic N) is 1. The highest BCUT2D eigenvalue weighted by Crippen LogP contribution is 2.34.